The summed E-state index contributed by atoms with van der Waals surface area (Å²) in [5.41, 5.74) is 1.41. The average molecular weight is 338 g/mol. The number of fused-ring (bicyclic) bond motifs is 1. The number of carbonyl (C=O) groups excluding carboxylic acids is 1. The van der Waals surface area contributed by atoms with Gasteiger partial charge in [0.2, 0.25) is 0 Å². The van der Waals surface area contributed by atoms with Crippen LogP contribution in [0, 0.1) is 6.92 Å². The zero-order chi connectivity index (χ0) is 17.8. The molecule has 5 heteroatoms. The third-order valence-corrected chi connectivity index (χ3v) is 4.29. The number of aliphatic hydroxyl groups excluding tert-OH is 1. The minimum absolute atomic E-state index is 0.230. The Labute approximate surface area is 146 Å². The first-order chi connectivity index (χ1) is 12.0. The van der Waals surface area contributed by atoms with Gasteiger partial charge >= 0.3 is 5.97 Å². The number of carbonyl (C=O) groups is 1. The lowest BCUT2D eigenvalue weighted by molar-refractivity contribution is -0.0155. The normalized spacial score (nSPS) is 13.6. The summed E-state index contributed by atoms with van der Waals surface area (Å²) in [6.07, 6.45) is 1.44. The number of H-pyrrole nitrogens is 1. The van der Waals surface area contributed by atoms with Crippen LogP contribution in [0.3, 0.4) is 0 Å². The summed E-state index contributed by atoms with van der Waals surface area (Å²) in [5.74, 6) is 0.129. The molecule has 0 aliphatic rings. The van der Waals surface area contributed by atoms with Crippen LogP contribution >= 0.6 is 0 Å². The van der Waals surface area contributed by atoms with E-state index >= 15 is 0 Å². The number of aromatic amines is 1. The van der Waals surface area contributed by atoms with Gasteiger partial charge in [0, 0.05) is 6.20 Å². The molecule has 0 amide bonds. The zero-order valence-corrected chi connectivity index (χ0v) is 14.4. The van der Waals surface area contributed by atoms with E-state index in [2.05, 4.69) is 34.2 Å². The van der Waals surface area contributed by atoms with Crippen molar-refractivity contribution in [2.24, 2.45) is 0 Å². The Bertz CT molecular complexity index is 865. The van der Waals surface area contributed by atoms with Gasteiger partial charge in [-0.2, -0.15) is 0 Å². The maximum Gasteiger partial charge on any atom is 0.358 e. The fourth-order valence-corrected chi connectivity index (χ4v) is 2.93. The van der Waals surface area contributed by atoms with E-state index in [9.17, 15) is 9.90 Å². The number of ether oxygens (including phenoxy) is 1. The van der Waals surface area contributed by atoms with E-state index in [1.54, 1.807) is 13.8 Å². The second kappa shape index (κ2) is 7.49. The van der Waals surface area contributed by atoms with Crippen LogP contribution in [-0.2, 0) is 11.2 Å². The molecule has 3 aromatic rings. The molecule has 25 heavy (non-hydrogen) atoms. The number of imidazole rings is 1. The second-order valence-corrected chi connectivity index (χ2v) is 6.23. The molecule has 0 bridgehead atoms. The fourth-order valence-electron chi connectivity index (χ4n) is 2.93. The van der Waals surface area contributed by atoms with Crippen LogP contribution in [0.5, 0.6) is 0 Å². The molecule has 2 atom stereocenters. The summed E-state index contributed by atoms with van der Waals surface area (Å²) in [4.78, 5) is 19.1. The van der Waals surface area contributed by atoms with Crippen LogP contribution in [0.2, 0.25) is 0 Å². The van der Waals surface area contributed by atoms with Gasteiger partial charge in [-0.25, -0.2) is 9.78 Å². The van der Waals surface area contributed by atoms with Crippen LogP contribution in [0.25, 0.3) is 10.8 Å². The molecule has 5 nitrogen and oxygen atoms in total. The van der Waals surface area contributed by atoms with E-state index in [4.69, 9.17) is 4.74 Å². The van der Waals surface area contributed by atoms with Crippen molar-refractivity contribution in [3.8, 4) is 0 Å². The predicted molar refractivity (Wildman–Crippen MR) is 96.5 cm³/mol. The van der Waals surface area contributed by atoms with E-state index in [1.165, 1.54) is 22.5 Å². The van der Waals surface area contributed by atoms with Crippen LogP contribution in [0.4, 0.5) is 0 Å². The van der Waals surface area contributed by atoms with Crippen LogP contribution in [0.1, 0.15) is 35.2 Å². The van der Waals surface area contributed by atoms with Gasteiger partial charge in [-0.15, -0.1) is 0 Å². The first kappa shape index (κ1) is 17.2. The summed E-state index contributed by atoms with van der Waals surface area (Å²) in [6.45, 7) is 3.40. The molecule has 0 unspecified atom stereocenters. The van der Waals surface area contributed by atoms with Crippen molar-refractivity contribution in [2.75, 3.05) is 0 Å². The third kappa shape index (κ3) is 4.06. The van der Waals surface area contributed by atoms with Crippen molar-refractivity contribution >= 4 is 16.7 Å². The Morgan fingerprint density at radius 3 is 2.72 bits per heavy atom. The lowest BCUT2D eigenvalue weighted by atomic mass is 9.98. The zero-order valence-electron chi connectivity index (χ0n) is 14.4. The molecule has 0 saturated carbocycles. The summed E-state index contributed by atoms with van der Waals surface area (Å²) < 4.78 is 5.47. The van der Waals surface area contributed by atoms with Gasteiger partial charge in [0.05, 0.1) is 6.10 Å². The minimum atomic E-state index is -0.751. The van der Waals surface area contributed by atoms with E-state index in [0.717, 1.165) is 0 Å². The lowest BCUT2D eigenvalue weighted by Crippen LogP contribution is -2.30. The van der Waals surface area contributed by atoms with E-state index < -0.39 is 18.2 Å². The summed E-state index contributed by atoms with van der Waals surface area (Å²) in [5, 5.41) is 12.4. The molecule has 1 heterocycles. The molecule has 3 rings (SSSR count). The van der Waals surface area contributed by atoms with E-state index in [0.29, 0.717) is 18.7 Å². The summed E-state index contributed by atoms with van der Waals surface area (Å²) in [6, 6.07) is 14.3. The second-order valence-electron chi connectivity index (χ2n) is 6.23. The molecule has 0 saturated heterocycles. The van der Waals surface area contributed by atoms with Crippen LogP contribution < -0.4 is 0 Å². The highest BCUT2D eigenvalue weighted by Crippen LogP contribution is 2.21. The Kier molecular flexibility index (Phi) is 5.14. The molecule has 0 radical (unpaired) electrons. The lowest BCUT2D eigenvalue weighted by Gasteiger charge is -2.20. The van der Waals surface area contributed by atoms with Gasteiger partial charge in [-0.3, -0.25) is 0 Å². The number of esters is 1. The maximum absolute atomic E-state index is 12.2. The van der Waals surface area contributed by atoms with Gasteiger partial charge in [-0.1, -0.05) is 42.5 Å². The molecule has 0 fully saturated rings. The molecular weight excluding hydrogens is 316 g/mol. The Morgan fingerprint density at radius 1 is 1.24 bits per heavy atom. The number of hydrogen-bond acceptors (Lipinski definition) is 4. The molecule has 0 spiro atoms. The number of aryl methyl sites for hydroxylation is 2. The van der Waals surface area contributed by atoms with Crippen molar-refractivity contribution in [3.63, 3.8) is 0 Å². The largest absolute Gasteiger partial charge is 0.455 e. The minimum Gasteiger partial charge on any atom is -0.455 e. The van der Waals surface area contributed by atoms with Gasteiger partial charge < -0.3 is 14.8 Å². The molecule has 2 aromatic carbocycles. The highest BCUT2D eigenvalue weighted by Gasteiger charge is 2.22. The number of rotatable bonds is 6. The van der Waals surface area contributed by atoms with Crippen molar-refractivity contribution in [1.82, 2.24) is 9.97 Å². The van der Waals surface area contributed by atoms with E-state index in [1.807, 2.05) is 18.2 Å². The molecule has 1 aromatic heterocycles. The standard InChI is InChI=1S/C20H22N2O3/c1-13(23)19(25-20(24)18-12-21-14(2)22-18)11-10-16-8-5-7-15-6-3-4-9-17(15)16/h3-9,12-13,19,23H,10-11H2,1-2H3,(H,21,22)/t13-,19+/m0/s1. The Hall–Kier alpha value is -2.66. The molecule has 130 valence electrons. The summed E-state index contributed by atoms with van der Waals surface area (Å²) >= 11 is 0. The maximum atomic E-state index is 12.2. The Balaban J connectivity index is 1.70. The Morgan fingerprint density at radius 2 is 2.00 bits per heavy atom. The van der Waals surface area contributed by atoms with Crippen LogP contribution in [0.15, 0.2) is 48.7 Å². The van der Waals surface area contributed by atoms with Crippen molar-refractivity contribution in [2.45, 2.75) is 38.9 Å². The molecule has 2 N–H and O–H groups in total. The fraction of sp³-hybridized carbons (Fsp3) is 0.300. The number of aromatic nitrogens is 2. The monoisotopic (exact) mass is 338 g/mol. The number of benzene rings is 2. The van der Waals surface area contributed by atoms with Crippen molar-refractivity contribution < 1.29 is 14.6 Å². The molecular formula is C20H22N2O3. The summed E-state index contributed by atoms with van der Waals surface area (Å²) in [7, 11) is 0. The topological polar surface area (TPSA) is 75.2 Å². The quantitative estimate of drug-likeness (QED) is 0.675. The molecule has 0 aliphatic heterocycles. The van der Waals surface area contributed by atoms with E-state index in [-0.39, 0.29) is 5.69 Å². The first-order valence-electron chi connectivity index (χ1n) is 8.42. The van der Waals surface area contributed by atoms with Gasteiger partial charge in [0.15, 0.2) is 5.69 Å². The third-order valence-electron chi connectivity index (χ3n) is 4.29. The average Bonchev–Trinajstić information content (AvgIpc) is 3.04. The van der Waals surface area contributed by atoms with Crippen molar-refractivity contribution in [1.29, 1.82) is 0 Å². The highest BCUT2D eigenvalue weighted by atomic mass is 16.6. The predicted octanol–water partition coefficient (Wildman–Crippen LogP) is 3.41. The van der Waals surface area contributed by atoms with Crippen LogP contribution in [-0.4, -0.2) is 33.3 Å². The number of hydrogen-bond donors (Lipinski definition) is 2. The SMILES string of the molecule is Cc1nc(C(=O)O[C@H](CCc2cccc3ccccc23)[C@H](C)O)c[nH]1. The highest BCUT2D eigenvalue weighted by molar-refractivity contribution is 5.87. The number of nitrogens with one attached hydrogen (secondary N) is 1. The van der Waals surface area contributed by atoms with Gasteiger partial charge in [0.25, 0.3) is 0 Å². The first-order valence-corrected chi connectivity index (χ1v) is 8.42. The smallest absolute Gasteiger partial charge is 0.358 e. The molecule has 0 aliphatic carbocycles. The van der Waals surface area contributed by atoms with Crippen molar-refractivity contribution in [3.05, 3.63) is 65.7 Å². The van der Waals surface area contributed by atoms with Gasteiger partial charge in [0.1, 0.15) is 11.9 Å². The number of nitrogens with zero attached hydrogens (tertiary/aromatic N) is 1. The number of aliphatic hydroxyl groups is 1. The van der Waals surface area contributed by atoms with Gasteiger partial charge in [-0.05, 0) is 43.0 Å².